The van der Waals surface area contributed by atoms with Gasteiger partial charge < -0.3 is 23.5 Å². The molecule has 10 nitrogen and oxygen atoms in total. The third-order valence-corrected chi connectivity index (χ3v) is 15.2. The topological polar surface area (TPSA) is 124 Å². The van der Waals surface area contributed by atoms with E-state index in [1.165, 1.54) is 0 Å². The van der Waals surface area contributed by atoms with Crippen molar-refractivity contribution in [1.82, 2.24) is 15.0 Å². The fraction of sp³-hybridized carbons (Fsp3) is 0.579. The number of unbranched alkanes of at least 4 members (excludes halogenated alkanes) is 2. The molecular formula is C38H53N3O7Si. The van der Waals surface area contributed by atoms with Crippen LogP contribution in [0.25, 0.3) is 0 Å². The SMILES string of the molecule is C=CCN(CC=C)[C@@H]1c2onc(OCCCC)c2C(=O)[C@@]2(O[Si](C)(C)C(C)(C)C)C(O)=C3C(=O)c4c(cncc4OCCCC)C[C@H]3C[C@@H]12. The standard InChI is InChI=1S/C38H53N3O7Si/c1-10-14-18-45-27-23-39-22-25-20-24-21-26-31(41(16-12-3)17-13-4)33-30(36(40-47-33)46-19-15-11-2)35(44)38(26,48-49(8,9)37(5,6)7)34(43)29(24)32(42)28(25)27/h12-13,22-24,26,31,43H,3-4,10-11,14-21H2,1-2,5-9H3/t24-,26-,31-,38-/m0/s1. The Hall–Kier alpha value is -3.54. The number of nitrogens with zero attached hydrogens (tertiary/aromatic N) is 3. The van der Waals surface area contributed by atoms with E-state index in [0.29, 0.717) is 56.2 Å². The fourth-order valence-electron chi connectivity index (χ4n) is 7.25. The molecule has 3 aliphatic carbocycles. The van der Waals surface area contributed by atoms with Crippen LogP contribution in [-0.2, 0) is 10.8 Å². The minimum atomic E-state index is -2.84. The normalized spacial score (nSPS) is 23.5. The van der Waals surface area contributed by atoms with Gasteiger partial charge in [-0.25, -0.2) is 0 Å². The van der Waals surface area contributed by atoms with Crippen LogP contribution in [0, 0.1) is 11.8 Å². The van der Waals surface area contributed by atoms with Gasteiger partial charge in [0.25, 0.3) is 5.88 Å². The Bertz CT molecular complexity index is 1610. The Balaban J connectivity index is 1.79. The molecule has 0 radical (unpaired) electrons. The highest BCUT2D eigenvalue weighted by Crippen LogP contribution is 2.60. The van der Waals surface area contributed by atoms with Crippen LogP contribution in [-0.4, -0.2) is 71.9 Å². The van der Waals surface area contributed by atoms with Gasteiger partial charge in [-0.15, -0.1) is 13.2 Å². The zero-order valence-electron chi connectivity index (χ0n) is 30.3. The predicted molar refractivity (Wildman–Crippen MR) is 191 cm³/mol. The average molecular weight is 692 g/mol. The van der Waals surface area contributed by atoms with Gasteiger partial charge in [-0.1, -0.05) is 59.6 Å². The van der Waals surface area contributed by atoms with E-state index in [1.54, 1.807) is 24.5 Å². The number of fused-ring (bicyclic) bond motifs is 4. The van der Waals surface area contributed by atoms with Crippen molar-refractivity contribution < 1.29 is 33.1 Å². The number of pyridine rings is 1. The van der Waals surface area contributed by atoms with Crippen LogP contribution in [0.15, 0.2) is 53.6 Å². The molecule has 2 aromatic heterocycles. The number of aliphatic hydroxyl groups excluding tert-OH is 1. The van der Waals surface area contributed by atoms with Gasteiger partial charge in [-0.3, -0.25) is 19.5 Å². The van der Waals surface area contributed by atoms with E-state index >= 15 is 4.79 Å². The van der Waals surface area contributed by atoms with Crippen LogP contribution in [0.1, 0.15) is 105 Å². The number of allylic oxidation sites excluding steroid dienone is 1. The van der Waals surface area contributed by atoms with Crippen LogP contribution in [0.3, 0.4) is 0 Å². The summed E-state index contributed by atoms with van der Waals surface area (Å²) in [5.74, 6) is -1.39. The maximum absolute atomic E-state index is 15.4. The second-order valence-corrected chi connectivity index (χ2v) is 19.8. The summed E-state index contributed by atoms with van der Waals surface area (Å²) in [7, 11) is -2.84. The highest BCUT2D eigenvalue weighted by Gasteiger charge is 2.67. The van der Waals surface area contributed by atoms with Crippen molar-refractivity contribution >= 4 is 19.9 Å². The van der Waals surface area contributed by atoms with Gasteiger partial charge in [0.05, 0.1) is 31.0 Å². The summed E-state index contributed by atoms with van der Waals surface area (Å²) in [6.45, 7) is 24.2. The maximum atomic E-state index is 15.4. The molecule has 0 saturated heterocycles. The zero-order valence-corrected chi connectivity index (χ0v) is 31.3. The fourth-order valence-corrected chi connectivity index (χ4v) is 8.71. The van der Waals surface area contributed by atoms with Crippen molar-refractivity contribution in [3.05, 3.63) is 71.5 Å². The molecule has 2 heterocycles. The van der Waals surface area contributed by atoms with Gasteiger partial charge in [-0.05, 0) is 60.5 Å². The Kier molecular flexibility index (Phi) is 10.8. The predicted octanol–water partition coefficient (Wildman–Crippen LogP) is 7.99. The largest absolute Gasteiger partial charge is 0.508 e. The Morgan fingerprint density at radius 2 is 1.71 bits per heavy atom. The van der Waals surface area contributed by atoms with Crippen LogP contribution >= 0.6 is 0 Å². The molecule has 2 aromatic rings. The van der Waals surface area contributed by atoms with Crippen molar-refractivity contribution in [3.63, 3.8) is 0 Å². The summed E-state index contributed by atoms with van der Waals surface area (Å²) in [6.07, 6.45) is 11.1. The lowest BCUT2D eigenvalue weighted by Gasteiger charge is -2.55. The molecule has 0 aromatic carbocycles. The quantitative estimate of drug-likeness (QED) is 0.112. The summed E-state index contributed by atoms with van der Waals surface area (Å²) >= 11 is 0. The molecule has 0 bridgehead atoms. The number of aromatic nitrogens is 2. The third kappa shape index (κ3) is 6.34. The van der Waals surface area contributed by atoms with Crippen LogP contribution < -0.4 is 9.47 Å². The molecule has 0 saturated carbocycles. The average Bonchev–Trinajstić information content (AvgIpc) is 3.45. The Morgan fingerprint density at radius 1 is 1.06 bits per heavy atom. The van der Waals surface area contributed by atoms with Gasteiger partial charge in [0, 0.05) is 30.8 Å². The number of rotatable bonds is 15. The smallest absolute Gasteiger partial charge is 0.265 e. The van der Waals surface area contributed by atoms with Crippen molar-refractivity contribution in [3.8, 4) is 11.6 Å². The lowest BCUT2D eigenvalue weighted by Crippen LogP contribution is -2.65. The van der Waals surface area contributed by atoms with Crippen LogP contribution in [0.5, 0.6) is 11.6 Å². The van der Waals surface area contributed by atoms with Crippen LogP contribution in [0.2, 0.25) is 18.1 Å². The molecule has 0 fully saturated rings. The monoisotopic (exact) mass is 691 g/mol. The van der Waals surface area contributed by atoms with Gasteiger partial charge in [0.1, 0.15) is 17.1 Å². The van der Waals surface area contributed by atoms with Crippen LogP contribution in [0.4, 0.5) is 0 Å². The molecule has 0 spiro atoms. The summed E-state index contributed by atoms with van der Waals surface area (Å²) in [5, 5.41) is 16.8. The number of carbonyl (C=O) groups excluding carboxylic acids is 2. The highest BCUT2D eigenvalue weighted by atomic mass is 28.4. The third-order valence-electron chi connectivity index (χ3n) is 10.7. The molecule has 49 heavy (non-hydrogen) atoms. The molecule has 1 N–H and O–H groups in total. The Morgan fingerprint density at radius 3 is 2.33 bits per heavy atom. The molecule has 11 heteroatoms. The van der Waals surface area contributed by atoms with E-state index in [1.807, 2.05) is 0 Å². The van der Waals surface area contributed by atoms with Gasteiger partial charge in [-0.2, -0.15) is 0 Å². The first-order valence-electron chi connectivity index (χ1n) is 17.7. The Labute approximate surface area is 291 Å². The highest BCUT2D eigenvalue weighted by molar-refractivity contribution is 6.74. The number of aliphatic hydroxyl groups is 1. The number of Topliss-reactive ketones (excluding diaryl/α,β-unsaturated/α-hetero) is 2. The van der Waals surface area contributed by atoms with E-state index in [9.17, 15) is 9.90 Å². The first-order valence-corrected chi connectivity index (χ1v) is 20.6. The molecule has 0 amide bonds. The minimum Gasteiger partial charge on any atom is -0.508 e. The number of ether oxygens (including phenoxy) is 2. The number of carbonyl (C=O) groups is 2. The summed E-state index contributed by atoms with van der Waals surface area (Å²) in [5.41, 5.74) is -0.396. The molecule has 0 aliphatic heterocycles. The lowest BCUT2D eigenvalue weighted by atomic mass is 9.58. The minimum absolute atomic E-state index is 0.0742. The molecular weight excluding hydrogens is 639 g/mol. The van der Waals surface area contributed by atoms with Gasteiger partial charge in [0.15, 0.2) is 25.5 Å². The second-order valence-electron chi connectivity index (χ2n) is 15.0. The molecule has 3 aliphatic rings. The van der Waals surface area contributed by atoms with E-state index in [2.05, 4.69) is 75.9 Å². The van der Waals surface area contributed by atoms with E-state index in [-0.39, 0.29) is 33.6 Å². The van der Waals surface area contributed by atoms with E-state index in [0.717, 1.165) is 31.2 Å². The molecule has 4 atom stereocenters. The summed E-state index contributed by atoms with van der Waals surface area (Å²) in [4.78, 5) is 36.6. The number of hydrogen-bond donors (Lipinski definition) is 1. The van der Waals surface area contributed by atoms with Crippen molar-refractivity contribution in [2.24, 2.45) is 11.8 Å². The number of ketones is 2. The maximum Gasteiger partial charge on any atom is 0.265 e. The van der Waals surface area contributed by atoms with Gasteiger partial charge in [0.2, 0.25) is 5.78 Å². The number of hydrogen-bond acceptors (Lipinski definition) is 10. The van der Waals surface area contributed by atoms with Gasteiger partial charge >= 0.3 is 0 Å². The van der Waals surface area contributed by atoms with Crippen molar-refractivity contribution in [1.29, 1.82) is 0 Å². The molecule has 266 valence electrons. The molecule has 0 unspecified atom stereocenters. The van der Waals surface area contributed by atoms with E-state index < -0.39 is 37.6 Å². The zero-order chi connectivity index (χ0) is 35.7. The molecule has 5 rings (SSSR count). The second kappa shape index (κ2) is 14.4. The summed E-state index contributed by atoms with van der Waals surface area (Å²) < 4.78 is 25.5. The lowest BCUT2D eigenvalue weighted by molar-refractivity contribution is -0.0524. The first-order chi connectivity index (χ1) is 23.3. The first kappa shape index (κ1) is 36.7. The van der Waals surface area contributed by atoms with E-state index in [4.69, 9.17) is 18.4 Å². The van der Waals surface area contributed by atoms with Crippen molar-refractivity contribution in [2.45, 2.75) is 103 Å². The van der Waals surface area contributed by atoms with Crippen molar-refractivity contribution in [2.75, 3.05) is 26.3 Å². The summed E-state index contributed by atoms with van der Waals surface area (Å²) in [6, 6.07) is -0.577.